The lowest BCUT2D eigenvalue weighted by Gasteiger charge is -2.34. The van der Waals surface area contributed by atoms with Gasteiger partial charge in [0, 0.05) is 26.3 Å². The maximum absolute atomic E-state index is 12.8. The Morgan fingerprint density at radius 3 is 2.48 bits per heavy atom. The van der Waals surface area contributed by atoms with Crippen LogP contribution in [0.1, 0.15) is 43.6 Å². The molecule has 0 aromatic carbocycles. The van der Waals surface area contributed by atoms with Crippen molar-refractivity contribution in [2.45, 2.75) is 38.0 Å². The van der Waals surface area contributed by atoms with Crippen LogP contribution >= 0.6 is 0 Å². The van der Waals surface area contributed by atoms with E-state index in [0.29, 0.717) is 5.92 Å². The lowest BCUT2D eigenvalue weighted by Crippen LogP contribution is -2.43. The molecule has 0 radical (unpaired) electrons. The molecule has 126 valence electrons. The summed E-state index contributed by atoms with van der Waals surface area (Å²) in [5.74, 6) is -0.0395. The van der Waals surface area contributed by atoms with E-state index < -0.39 is 0 Å². The first-order valence-corrected chi connectivity index (χ1v) is 8.45. The van der Waals surface area contributed by atoms with E-state index in [1.54, 1.807) is 0 Å². The average molecular weight is 319 g/mol. The third kappa shape index (κ3) is 3.26. The van der Waals surface area contributed by atoms with Crippen molar-refractivity contribution in [1.82, 2.24) is 14.7 Å². The van der Waals surface area contributed by atoms with Crippen LogP contribution in [-0.4, -0.2) is 46.8 Å². The number of aromatic nitrogens is 2. The average Bonchev–Trinajstić information content (AvgIpc) is 3.22. The molecule has 2 atom stereocenters. The van der Waals surface area contributed by atoms with Gasteiger partial charge in [-0.1, -0.05) is 6.42 Å². The van der Waals surface area contributed by atoms with Gasteiger partial charge in [-0.05, 0) is 37.2 Å². The summed E-state index contributed by atoms with van der Waals surface area (Å²) in [6.07, 6.45) is 8.43. The van der Waals surface area contributed by atoms with Gasteiger partial charge in [0.05, 0.1) is 25.1 Å². The Morgan fingerprint density at radius 1 is 1.17 bits per heavy atom. The third-order valence-electron chi connectivity index (χ3n) is 5.34. The van der Waals surface area contributed by atoms with E-state index in [0.717, 1.165) is 45.2 Å². The first kappa shape index (κ1) is 16.0. The SMILES string of the molecule is COC(=O)C1CCCC1C(=O)N1CCC(c2cnn(C)c2)CC1. The smallest absolute Gasteiger partial charge is 0.309 e. The van der Waals surface area contributed by atoms with Gasteiger partial charge in [-0.25, -0.2) is 0 Å². The zero-order chi connectivity index (χ0) is 16.4. The van der Waals surface area contributed by atoms with Gasteiger partial charge in [-0.3, -0.25) is 14.3 Å². The molecule has 3 rings (SSSR count). The first-order valence-electron chi connectivity index (χ1n) is 8.45. The van der Waals surface area contributed by atoms with Crippen LogP contribution < -0.4 is 0 Å². The van der Waals surface area contributed by atoms with Crippen molar-refractivity contribution in [3.8, 4) is 0 Å². The van der Waals surface area contributed by atoms with Crippen molar-refractivity contribution in [2.75, 3.05) is 20.2 Å². The van der Waals surface area contributed by atoms with Crippen molar-refractivity contribution < 1.29 is 14.3 Å². The number of nitrogens with zero attached hydrogens (tertiary/aromatic N) is 3. The molecule has 1 aromatic rings. The number of rotatable bonds is 3. The van der Waals surface area contributed by atoms with Crippen molar-refractivity contribution in [2.24, 2.45) is 18.9 Å². The molecule has 1 saturated carbocycles. The molecule has 2 fully saturated rings. The van der Waals surface area contributed by atoms with Crippen molar-refractivity contribution in [1.29, 1.82) is 0 Å². The predicted octanol–water partition coefficient (Wildman–Crippen LogP) is 1.72. The number of hydrogen-bond donors (Lipinski definition) is 0. The standard InChI is InChI=1S/C17H25N3O3/c1-19-11-13(10-18-19)12-6-8-20(9-7-12)16(21)14-4-3-5-15(14)17(22)23-2/h10-12,14-15H,3-9H2,1-2H3. The predicted molar refractivity (Wildman–Crippen MR) is 84.6 cm³/mol. The highest BCUT2D eigenvalue weighted by molar-refractivity contribution is 5.86. The molecule has 6 heteroatoms. The summed E-state index contributed by atoms with van der Waals surface area (Å²) in [5, 5.41) is 4.23. The minimum atomic E-state index is -0.247. The summed E-state index contributed by atoms with van der Waals surface area (Å²) < 4.78 is 6.69. The summed E-state index contributed by atoms with van der Waals surface area (Å²) in [6.45, 7) is 1.53. The maximum atomic E-state index is 12.8. The van der Waals surface area contributed by atoms with Crippen LogP contribution in [0.5, 0.6) is 0 Å². The van der Waals surface area contributed by atoms with Gasteiger partial charge >= 0.3 is 5.97 Å². The molecule has 0 N–H and O–H groups in total. The summed E-state index contributed by atoms with van der Waals surface area (Å²) in [7, 11) is 3.33. The number of methoxy groups -OCH3 is 1. The molecule has 0 bridgehead atoms. The third-order valence-corrected chi connectivity index (χ3v) is 5.34. The molecule has 1 aromatic heterocycles. The molecule has 1 aliphatic carbocycles. The number of esters is 1. The van der Waals surface area contributed by atoms with E-state index in [-0.39, 0.29) is 23.7 Å². The van der Waals surface area contributed by atoms with E-state index in [4.69, 9.17) is 4.74 Å². The van der Waals surface area contributed by atoms with Crippen molar-refractivity contribution in [3.63, 3.8) is 0 Å². The van der Waals surface area contributed by atoms with Crippen LogP contribution in [-0.2, 0) is 21.4 Å². The highest BCUT2D eigenvalue weighted by atomic mass is 16.5. The minimum Gasteiger partial charge on any atom is -0.469 e. The van der Waals surface area contributed by atoms with E-state index in [1.807, 2.05) is 22.8 Å². The molecule has 0 spiro atoms. The lowest BCUT2D eigenvalue weighted by molar-refractivity contribution is -0.152. The van der Waals surface area contributed by atoms with Crippen LogP contribution in [0.25, 0.3) is 0 Å². The largest absolute Gasteiger partial charge is 0.469 e. The van der Waals surface area contributed by atoms with Crippen molar-refractivity contribution in [3.05, 3.63) is 18.0 Å². The maximum Gasteiger partial charge on any atom is 0.309 e. The van der Waals surface area contributed by atoms with E-state index >= 15 is 0 Å². The Bertz CT molecular complexity index is 575. The lowest BCUT2D eigenvalue weighted by atomic mass is 9.89. The Labute approximate surface area is 136 Å². The van der Waals surface area contributed by atoms with E-state index in [1.165, 1.54) is 12.7 Å². The Hall–Kier alpha value is -1.85. The Kier molecular flexibility index (Phi) is 4.68. The minimum absolute atomic E-state index is 0.141. The fourth-order valence-corrected chi connectivity index (χ4v) is 4.01. The Morgan fingerprint density at radius 2 is 1.87 bits per heavy atom. The van der Waals surface area contributed by atoms with Crippen LogP contribution in [0, 0.1) is 11.8 Å². The second-order valence-electron chi connectivity index (χ2n) is 6.71. The molecule has 2 unspecified atom stereocenters. The highest BCUT2D eigenvalue weighted by Gasteiger charge is 2.41. The zero-order valence-corrected chi connectivity index (χ0v) is 13.9. The van der Waals surface area contributed by atoms with E-state index in [2.05, 4.69) is 11.3 Å². The molecular weight excluding hydrogens is 294 g/mol. The number of carbonyl (C=O) groups is 2. The van der Waals surface area contributed by atoms with Gasteiger partial charge in [0.2, 0.25) is 5.91 Å². The number of aryl methyl sites for hydroxylation is 1. The number of ether oxygens (including phenoxy) is 1. The number of carbonyl (C=O) groups excluding carboxylic acids is 2. The quantitative estimate of drug-likeness (QED) is 0.796. The molecule has 2 aliphatic rings. The van der Waals surface area contributed by atoms with Gasteiger partial charge < -0.3 is 9.64 Å². The molecule has 23 heavy (non-hydrogen) atoms. The first-order chi connectivity index (χ1) is 11.1. The number of piperidine rings is 1. The van der Waals surface area contributed by atoms with Crippen LogP contribution in [0.2, 0.25) is 0 Å². The normalized spacial score (nSPS) is 25.6. The van der Waals surface area contributed by atoms with Gasteiger partial charge in [0.1, 0.15) is 0 Å². The zero-order valence-electron chi connectivity index (χ0n) is 13.9. The Balaban J connectivity index is 1.58. The second-order valence-corrected chi connectivity index (χ2v) is 6.71. The summed E-state index contributed by atoms with van der Waals surface area (Å²) >= 11 is 0. The van der Waals surface area contributed by atoms with Crippen LogP contribution in [0.4, 0.5) is 0 Å². The van der Waals surface area contributed by atoms with Gasteiger partial charge in [-0.15, -0.1) is 0 Å². The van der Waals surface area contributed by atoms with Gasteiger partial charge in [0.15, 0.2) is 0 Å². The second kappa shape index (κ2) is 6.72. The number of likely N-dealkylation sites (tertiary alicyclic amines) is 1. The number of amides is 1. The highest BCUT2D eigenvalue weighted by Crippen LogP contribution is 2.36. The van der Waals surface area contributed by atoms with Crippen molar-refractivity contribution >= 4 is 11.9 Å². The fraction of sp³-hybridized carbons (Fsp3) is 0.706. The summed E-state index contributed by atoms with van der Waals surface area (Å²) in [6, 6.07) is 0. The van der Waals surface area contributed by atoms with Crippen LogP contribution in [0.15, 0.2) is 12.4 Å². The molecular formula is C17H25N3O3. The van der Waals surface area contributed by atoms with E-state index in [9.17, 15) is 9.59 Å². The molecule has 6 nitrogen and oxygen atoms in total. The monoisotopic (exact) mass is 319 g/mol. The molecule has 1 amide bonds. The number of hydrogen-bond acceptors (Lipinski definition) is 4. The summed E-state index contributed by atoms with van der Waals surface area (Å²) in [4.78, 5) is 26.6. The van der Waals surface area contributed by atoms with Gasteiger partial charge in [0.25, 0.3) is 0 Å². The fourth-order valence-electron chi connectivity index (χ4n) is 4.01. The molecule has 1 aliphatic heterocycles. The molecule has 1 saturated heterocycles. The topological polar surface area (TPSA) is 64.4 Å². The van der Waals surface area contributed by atoms with Crippen LogP contribution in [0.3, 0.4) is 0 Å². The molecule has 2 heterocycles. The van der Waals surface area contributed by atoms with Gasteiger partial charge in [-0.2, -0.15) is 5.10 Å². The summed E-state index contributed by atoms with van der Waals surface area (Å²) in [5.41, 5.74) is 1.26.